The predicted molar refractivity (Wildman–Crippen MR) is 62.3 cm³/mol. The molecule has 0 aromatic heterocycles. The van der Waals surface area contributed by atoms with Crippen LogP contribution in [0.15, 0.2) is 0 Å². The lowest BCUT2D eigenvalue weighted by Gasteiger charge is -2.23. The molecule has 0 radical (unpaired) electrons. The van der Waals surface area contributed by atoms with E-state index in [4.69, 9.17) is 10.8 Å². The summed E-state index contributed by atoms with van der Waals surface area (Å²) in [6, 6.07) is 0.120. The van der Waals surface area contributed by atoms with E-state index in [-0.39, 0.29) is 23.9 Å². The second kappa shape index (κ2) is 5.04. The third kappa shape index (κ3) is 2.29. The van der Waals surface area contributed by atoms with Gasteiger partial charge in [0.1, 0.15) is 0 Å². The smallest absolute Gasteiger partial charge is 0.308 e. The molecule has 5 nitrogen and oxygen atoms in total. The summed E-state index contributed by atoms with van der Waals surface area (Å²) >= 11 is 0. The number of aliphatic carboxylic acids is 1. The summed E-state index contributed by atoms with van der Waals surface area (Å²) in [6.45, 7) is 0.609. The Hall–Kier alpha value is -1.10. The van der Waals surface area contributed by atoms with Crippen molar-refractivity contribution in [3.63, 3.8) is 0 Å². The molecule has 0 saturated carbocycles. The minimum Gasteiger partial charge on any atom is -0.481 e. The quantitative estimate of drug-likeness (QED) is 0.688. The van der Waals surface area contributed by atoms with Gasteiger partial charge in [-0.1, -0.05) is 0 Å². The van der Waals surface area contributed by atoms with Gasteiger partial charge in [0.25, 0.3) is 0 Å². The van der Waals surface area contributed by atoms with Gasteiger partial charge in [0.05, 0.1) is 5.92 Å². The van der Waals surface area contributed by atoms with Crippen molar-refractivity contribution in [1.82, 2.24) is 4.90 Å². The topological polar surface area (TPSA) is 83.6 Å². The maximum Gasteiger partial charge on any atom is 0.308 e. The number of carbonyl (C=O) groups excluding carboxylic acids is 1. The molecule has 2 aliphatic rings. The van der Waals surface area contributed by atoms with Crippen molar-refractivity contribution in [2.24, 2.45) is 11.7 Å². The Bertz CT molecular complexity index is 319. The zero-order valence-corrected chi connectivity index (χ0v) is 9.97. The zero-order valence-electron chi connectivity index (χ0n) is 9.97. The molecule has 3 unspecified atom stereocenters. The average Bonchev–Trinajstić information content (AvgIpc) is 2.86. The molecule has 0 aromatic rings. The molecular weight excluding hydrogens is 220 g/mol. The van der Waals surface area contributed by atoms with Gasteiger partial charge in [-0.15, -0.1) is 0 Å². The molecule has 0 spiro atoms. The number of carboxylic acids is 1. The molecule has 1 amide bonds. The van der Waals surface area contributed by atoms with E-state index in [1.807, 2.05) is 4.90 Å². The Morgan fingerprint density at radius 2 is 2.06 bits per heavy atom. The largest absolute Gasteiger partial charge is 0.481 e. The normalized spacial score (nSPS) is 30.9. The van der Waals surface area contributed by atoms with Gasteiger partial charge < -0.3 is 15.7 Å². The first-order valence-corrected chi connectivity index (χ1v) is 6.39. The number of rotatable bonds is 5. The number of unbranched alkanes of at least 4 members (excludes halogenated alkanes) is 1. The Kier molecular flexibility index (Phi) is 3.66. The molecule has 2 bridgehead atoms. The first-order valence-electron chi connectivity index (χ1n) is 6.39. The van der Waals surface area contributed by atoms with E-state index in [0.717, 1.165) is 25.7 Å². The van der Waals surface area contributed by atoms with Crippen molar-refractivity contribution < 1.29 is 14.7 Å². The molecule has 3 atom stereocenters. The van der Waals surface area contributed by atoms with Crippen LogP contribution in [0.2, 0.25) is 0 Å². The van der Waals surface area contributed by atoms with E-state index < -0.39 is 5.97 Å². The van der Waals surface area contributed by atoms with E-state index in [0.29, 0.717) is 19.4 Å². The van der Waals surface area contributed by atoms with Crippen LogP contribution < -0.4 is 5.73 Å². The van der Waals surface area contributed by atoms with Crippen LogP contribution in [0, 0.1) is 5.92 Å². The number of nitrogens with two attached hydrogens (primary N) is 1. The lowest BCUT2D eigenvalue weighted by molar-refractivity contribution is -0.143. The molecule has 2 rings (SSSR count). The summed E-state index contributed by atoms with van der Waals surface area (Å²) in [5.74, 6) is -0.973. The zero-order chi connectivity index (χ0) is 12.4. The molecular formula is C12H20N2O3. The van der Waals surface area contributed by atoms with E-state index in [2.05, 4.69) is 0 Å². The molecule has 0 aliphatic carbocycles. The van der Waals surface area contributed by atoms with Gasteiger partial charge in [0, 0.05) is 18.5 Å². The van der Waals surface area contributed by atoms with Crippen LogP contribution in [0.4, 0.5) is 0 Å². The highest BCUT2D eigenvalue weighted by molar-refractivity contribution is 5.80. The van der Waals surface area contributed by atoms with Gasteiger partial charge in [-0.2, -0.15) is 0 Å². The molecule has 3 N–H and O–H groups in total. The van der Waals surface area contributed by atoms with Crippen LogP contribution in [0.25, 0.3) is 0 Å². The van der Waals surface area contributed by atoms with Gasteiger partial charge in [-0.25, -0.2) is 0 Å². The van der Waals surface area contributed by atoms with Crippen LogP contribution in [0.5, 0.6) is 0 Å². The van der Waals surface area contributed by atoms with Gasteiger partial charge >= 0.3 is 5.97 Å². The fourth-order valence-electron chi connectivity index (χ4n) is 3.19. The van der Waals surface area contributed by atoms with E-state index in [1.54, 1.807) is 0 Å². The summed E-state index contributed by atoms with van der Waals surface area (Å²) in [7, 11) is 0. The Labute approximate surface area is 101 Å². The van der Waals surface area contributed by atoms with Crippen molar-refractivity contribution in [3.05, 3.63) is 0 Å². The molecule has 0 aromatic carbocycles. The summed E-state index contributed by atoms with van der Waals surface area (Å²) in [5.41, 5.74) is 5.39. The number of carbonyl (C=O) groups is 2. The molecule has 5 heteroatoms. The second-order valence-corrected chi connectivity index (χ2v) is 5.03. The number of hydrogen-bond acceptors (Lipinski definition) is 3. The first kappa shape index (κ1) is 12.4. The van der Waals surface area contributed by atoms with Crippen molar-refractivity contribution in [2.75, 3.05) is 6.54 Å². The van der Waals surface area contributed by atoms with Gasteiger partial charge in [-0.05, 0) is 38.6 Å². The highest BCUT2D eigenvalue weighted by atomic mass is 16.4. The number of amides is 1. The summed E-state index contributed by atoms with van der Waals surface area (Å²) < 4.78 is 0. The lowest BCUT2D eigenvalue weighted by atomic mass is 9.89. The van der Waals surface area contributed by atoms with Crippen molar-refractivity contribution in [3.8, 4) is 0 Å². The molecule has 96 valence electrons. The Morgan fingerprint density at radius 3 is 2.65 bits per heavy atom. The maximum absolute atomic E-state index is 12.0. The van der Waals surface area contributed by atoms with Crippen LogP contribution in [0.3, 0.4) is 0 Å². The fourth-order valence-corrected chi connectivity index (χ4v) is 3.19. The highest BCUT2D eigenvalue weighted by Gasteiger charge is 2.50. The summed E-state index contributed by atoms with van der Waals surface area (Å²) in [5, 5.41) is 9.09. The number of hydrogen-bond donors (Lipinski definition) is 2. The molecule has 2 aliphatic heterocycles. The fraction of sp³-hybridized carbons (Fsp3) is 0.833. The van der Waals surface area contributed by atoms with Crippen molar-refractivity contribution in [1.29, 1.82) is 0 Å². The molecule has 2 heterocycles. The Morgan fingerprint density at radius 1 is 1.29 bits per heavy atom. The third-order valence-electron chi connectivity index (χ3n) is 3.99. The highest BCUT2D eigenvalue weighted by Crippen LogP contribution is 2.42. The van der Waals surface area contributed by atoms with Crippen molar-refractivity contribution >= 4 is 11.9 Å². The minimum absolute atomic E-state index is 0.0529. The third-order valence-corrected chi connectivity index (χ3v) is 3.99. The van der Waals surface area contributed by atoms with Crippen LogP contribution in [0.1, 0.15) is 38.5 Å². The van der Waals surface area contributed by atoms with Crippen LogP contribution >= 0.6 is 0 Å². The van der Waals surface area contributed by atoms with Gasteiger partial charge in [0.15, 0.2) is 0 Å². The number of carboxylic acid groups (broad SMARTS) is 1. The van der Waals surface area contributed by atoms with Gasteiger partial charge in [0.2, 0.25) is 5.91 Å². The van der Waals surface area contributed by atoms with E-state index in [1.165, 1.54) is 0 Å². The number of fused-ring (bicyclic) bond motifs is 2. The monoisotopic (exact) mass is 240 g/mol. The Balaban J connectivity index is 1.93. The van der Waals surface area contributed by atoms with E-state index in [9.17, 15) is 9.59 Å². The molecule has 2 fully saturated rings. The first-order chi connectivity index (χ1) is 8.15. The maximum atomic E-state index is 12.0. The molecule has 2 saturated heterocycles. The SMILES string of the molecule is NCCCCC(=O)N1C2CCC1C(C(=O)O)C2. The van der Waals surface area contributed by atoms with E-state index >= 15 is 0 Å². The average molecular weight is 240 g/mol. The lowest BCUT2D eigenvalue weighted by Crippen LogP contribution is -2.37. The minimum atomic E-state index is -0.753. The second-order valence-electron chi connectivity index (χ2n) is 5.03. The van der Waals surface area contributed by atoms with Crippen LogP contribution in [-0.4, -0.2) is 40.5 Å². The summed E-state index contributed by atoms with van der Waals surface area (Å²) in [4.78, 5) is 24.9. The van der Waals surface area contributed by atoms with Crippen LogP contribution in [-0.2, 0) is 9.59 Å². The standard InChI is InChI=1S/C12H20N2O3/c13-6-2-1-3-11(15)14-8-4-5-10(14)9(7-8)12(16)17/h8-10H,1-7,13H2,(H,16,17). The predicted octanol–water partition coefficient (Wildman–Crippen LogP) is 0.579. The molecule has 17 heavy (non-hydrogen) atoms. The van der Waals surface area contributed by atoms with Gasteiger partial charge in [-0.3, -0.25) is 9.59 Å². The number of nitrogens with zero attached hydrogens (tertiary/aromatic N) is 1. The van der Waals surface area contributed by atoms with Crippen molar-refractivity contribution in [2.45, 2.75) is 50.6 Å². The summed E-state index contributed by atoms with van der Waals surface area (Å²) in [6.07, 6.45) is 4.64.